The predicted octanol–water partition coefficient (Wildman–Crippen LogP) is 3.87. The van der Waals surface area contributed by atoms with Crippen molar-refractivity contribution in [3.05, 3.63) is 82.3 Å². The van der Waals surface area contributed by atoms with Crippen LogP contribution in [0.15, 0.2) is 69.9 Å². The molecular formula is C18H13NO2. The van der Waals surface area contributed by atoms with Crippen molar-refractivity contribution in [2.75, 3.05) is 0 Å². The van der Waals surface area contributed by atoms with Gasteiger partial charge in [0.2, 0.25) is 0 Å². The van der Waals surface area contributed by atoms with Crippen LogP contribution >= 0.6 is 0 Å². The summed E-state index contributed by atoms with van der Waals surface area (Å²) in [5.74, 6) is 0. The molecule has 102 valence electrons. The number of rotatable bonds is 2. The molecular weight excluding hydrogens is 262 g/mol. The zero-order valence-corrected chi connectivity index (χ0v) is 11.3. The van der Waals surface area contributed by atoms with Gasteiger partial charge in [-0.1, -0.05) is 42.5 Å². The molecule has 0 saturated heterocycles. The molecule has 21 heavy (non-hydrogen) atoms. The Morgan fingerprint density at radius 1 is 0.905 bits per heavy atom. The second-order valence-corrected chi connectivity index (χ2v) is 5.13. The van der Waals surface area contributed by atoms with Crippen molar-refractivity contribution in [1.29, 1.82) is 0 Å². The maximum absolute atomic E-state index is 12.1. The fourth-order valence-electron chi connectivity index (χ4n) is 2.71. The van der Waals surface area contributed by atoms with Crippen molar-refractivity contribution >= 4 is 21.9 Å². The van der Waals surface area contributed by atoms with E-state index in [2.05, 4.69) is 17.1 Å². The minimum Gasteiger partial charge on any atom is -0.422 e. The fourth-order valence-corrected chi connectivity index (χ4v) is 2.71. The summed E-state index contributed by atoms with van der Waals surface area (Å²) in [6, 6.07) is 19.7. The van der Waals surface area contributed by atoms with E-state index in [0.29, 0.717) is 11.0 Å². The summed E-state index contributed by atoms with van der Waals surface area (Å²) in [5.41, 5.74) is 3.40. The van der Waals surface area contributed by atoms with Gasteiger partial charge in [0.05, 0.1) is 10.9 Å². The third-order valence-electron chi connectivity index (χ3n) is 3.69. The summed E-state index contributed by atoms with van der Waals surface area (Å²) in [5, 5.41) is 1.55. The zero-order chi connectivity index (χ0) is 14.2. The summed E-state index contributed by atoms with van der Waals surface area (Å²) in [7, 11) is 0. The van der Waals surface area contributed by atoms with Gasteiger partial charge in [0.15, 0.2) is 0 Å². The Balaban J connectivity index is 1.91. The summed E-state index contributed by atoms with van der Waals surface area (Å²) >= 11 is 0. The van der Waals surface area contributed by atoms with Crippen LogP contribution in [0.1, 0.15) is 11.3 Å². The molecule has 0 atom stereocenters. The number of benzene rings is 2. The van der Waals surface area contributed by atoms with Gasteiger partial charge in [0.1, 0.15) is 5.58 Å². The van der Waals surface area contributed by atoms with Crippen LogP contribution in [-0.2, 0) is 6.42 Å². The Labute approximate surface area is 120 Å². The van der Waals surface area contributed by atoms with Gasteiger partial charge in [0.25, 0.3) is 0 Å². The van der Waals surface area contributed by atoms with Gasteiger partial charge in [-0.2, -0.15) is 0 Å². The standard InChI is InChI=1S/C18H13NO2/c20-18-15-11-13(10-12-6-2-1-3-7-12)19-17(15)14-8-4-5-9-16(14)21-18/h1-9,11,19H,10H2. The van der Waals surface area contributed by atoms with E-state index >= 15 is 0 Å². The van der Waals surface area contributed by atoms with Crippen LogP contribution in [0.3, 0.4) is 0 Å². The minimum absolute atomic E-state index is 0.292. The fraction of sp³-hybridized carbons (Fsp3) is 0.0556. The average Bonchev–Trinajstić information content (AvgIpc) is 2.93. The quantitative estimate of drug-likeness (QED) is 0.564. The van der Waals surface area contributed by atoms with Gasteiger partial charge in [0, 0.05) is 17.5 Å². The highest BCUT2D eigenvalue weighted by atomic mass is 16.4. The SMILES string of the molecule is O=c1oc2ccccc2c2[nH]c(Cc3ccccc3)cc12. The Hall–Kier alpha value is -2.81. The van der Waals surface area contributed by atoms with Crippen LogP contribution in [0.4, 0.5) is 0 Å². The number of fused-ring (bicyclic) bond motifs is 3. The molecule has 4 rings (SSSR count). The summed E-state index contributed by atoms with van der Waals surface area (Å²) in [6.45, 7) is 0. The van der Waals surface area contributed by atoms with Gasteiger partial charge in [-0.05, 0) is 23.8 Å². The Bertz CT molecular complexity index is 980. The van der Waals surface area contributed by atoms with Crippen molar-refractivity contribution in [3.8, 4) is 0 Å². The van der Waals surface area contributed by atoms with E-state index < -0.39 is 0 Å². The van der Waals surface area contributed by atoms with E-state index in [1.54, 1.807) is 0 Å². The summed E-state index contributed by atoms with van der Waals surface area (Å²) < 4.78 is 5.36. The van der Waals surface area contributed by atoms with Crippen LogP contribution in [0.5, 0.6) is 0 Å². The molecule has 0 amide bonds. The van der Waals surface area contributed by atoms with Crippen molar-refractivity contribution in [3.63, 3.8) is 0 Å². The molecule has 0 bridgehead atoms. The molecule has 0 aliphatic carbocycles. The van der Waals surface area contributed by atoms with E-state index in [0.717, 1.165) is 23.0 Å². The lowest BCUT2D eigenvalue weighted by molar-refractivity contribution is 0.570. The molecule has 0 aliphatic rings. The van der Waals surface area contributed by atoms with Gasteiger partial charge in [-0.15, -0.1) is 0 Å². The third-order valence-corrected chi connectivity index (χ3v) is 3.69. The van der Waals surface area contributed by atoms with Gasteiger partial charge >= 0.3 is 5.63 Å². The summed E-state index contributed by atoms with van der Waals surface area (Å²) in [4.78, 5) is 15.4. The van der Waals surface area contributed by atoms with Crippen molar-refractivity contribution in [2.24, 2.45) is 0 Å². The first-order valence-corrected chi connectivity index (χ1v) is 6.88. The topological polar surface area (TPSA) is 46.0 Å². The predicted molar refractivity (Wildman–Crippen MR) is 83.6 cm³/mol. The van der Waals surface area contributed by atoms with Crippen LogP contribution in [0.25, 0.3) is 21.9 Å². The van der Waals surface area contributed by atoms with E-state index in [1.807, 2.05) is 48.5 Å². The molecule has 0 spiro atoms. The highest BCUT2D eigenvalue weighted by Gasteiger charge is 2.10. The Kier molecular flexibility index (Phi) is 2.64. The van der Waals surface area contributed by atoms with Crippen molar-refractivity contribution < 1.29 is 4.42 Å². The highest BCUT2D eigenvalue weighted by molar-refractivity contribution is 6.02. The van der Waals surface area contributed by atoms with Crippen LogP contribution in [0.2, 0.25) is 0 Å². The van der Waals surface area contributed by atoms with Crippen LogP contribution in [0, 0.1) is 0 Å². The Morgan fingerprint density at radius 2 is 1.67 bits per heavy atom. The molecule has 2 aromatic heterocycles. The average molecular weight is 275 g/mol. The van der Waals surface area contributed by atoms with Crippen LogP contribution in [-0.4, -0.2) is 4.98 Å². The lowest BCUT2D eigenvalue weighted by Gasteiger charge is -1.98. The molecule has 1 N–H and O–H groups in total. The second kappa shape index (κ2) is 4.63. The first kappa shape index (κ1) is 12.0. The van der Waals surface area contributed by atoms with E-state index in [-0.39, 0.29) is 5.63 Å². The molecule has 0 unspecified atom stereocenters. The highest BCUT2D eigenvalue weighted by Crippen LogP contribution is 2.23. The molecule has 0 saturated carbocycles. The Morgan fingerprint density at radius 3 is 2.52 bits per heavy atom. The molecule has 0 radical (unpaired) electrons. The van der Waals surface area contributed by atoms with Crippen LogP contribution < -0.4 is 5.63 Å². The molecule has 3 heteroatoms. The van der Waals surface area contributed by atoms with E-state index in [4.69, 9.17) is 4.42 Å². The van der Waals surface area contributed by atoms with E-state index in [1.165, 1.54) is 5.56 Å². The summed E-state index contributed by atoms with van der Waals surface area (Å²) in [6.07, 6.45) is 0.767. The molecule has 4 aromatic rings. The monoisotopic (exact) mass is 275 g/mol. The molecule has 0 aliphatic heterocycles. The largest absolute Gasteiger partial charge is 0.422 e. The number of para-hydroxylation sites is 1. The zero-order valence-electron chi connectivity index (χ0n) is 11.3. The molecule has 2 aromatic carbocycles. The van der Waals surface area contributed by atoms with Crippen molar-refractivity contribution in [1.82, 2.24) is 4.98 Å². The molecule has 0 fully saturated rings. The number of aromatic nitrogens is 1. The number of nitrogens with one attached hydrogen (secondary N) is 1. The number of hydrogen-bond acceptors (Lipinski definition) is 2. The second-order valence-electron chi connectivity index (χ2n) is 5.13. The van der Waals surface area contributed by atoms with Gasteiger partial charge in [-0.3, -0.25) is 0 Å². The molecule has 2 heterocycles. The first-order chi connectivity index (χ1) is 10.3. The van der Waals surface area contributed by atoms with Gasteiger partial charge < -0.3 is 9.40 Å². The number of H-pyrrole nitrogens is 1. The van der Waals surface area contributed by atoms with E-state index in [9.17, 15) is 4.79 Å². The maximum atomic E-state index is 12.1. The lowest BCUT2D eigenvalue weighted by atomic mass is 10.1. The van der Waals surface area contributed by atoms with Crippen molar-refractivity contribution in [2.45, 2.75) is 6.42 Å². The normalized spacial score (nSPS) is 11.2. The number of aromatic amines is 1. The van der Waals surface area contributed by atoms with Gasteiger partial charge in [-0.25, -0.2) is 4.79 Å². The smallest absolute Gasteiger partial charge is 0.345 e. The first-order valence-electron chi connectivity index (χ1n) is 6.88. The number of hydrogen-bond donors (Lipinski definition) is 1. The minimum atomic E-state index is -0.292. The third kappa shape index (κ3) is 2.03. The maximum Gasteiger partial charge on any atom is 0.345 e. The molecule has 3 nitrogen and oxygen atoms in total. The lowest BCUT2D eigenvalue weighted by Crippen LogP contribution is -1.97.